The van der Waals surface area contributed by atoms with Crippen LogP contribution in [0.4, 0.5) is 11.9 Å². The molecular weight excluding hydrogens is 244 g/mol. The number of nitrogen functional groups attached to an aromatic ring is 1. The summed E-state index contributed by atoms with van der Waals surface area (Å²) in [6, 6.07) is 0.270. The van der Waals surface area contributed by atoms with Crippen molar-refractivity contribution < 1.29 is 4.74 Å². The first-order chi connectivity index (χ1) is 8.80. The molecule has 0 atom stereocenters. The average molecular weight is 268 g/mol. The van der Waals surface area contributed by atoms with Crippen LogP contribution in [0.3, 0.4) is 0 Å². The summed E-state index contributed by atoms with van der Waals surface area (Å²) in [5, 5.41) is 0. The molecule has 1 rings (SSSR count). The molecule has 0 aliphatic rings. The van der Waals surface area contributed by atoms with E-state index in [0.717, 1.165) is 6.42 Å². The van der Waals surface area contributed by atoms with Crippen molar-refractivity contribution in [2.24, 2.45) is 5.84 Å². The van der Waals surface area contributed by atoms with E-state index in [1.165, 1.54) is 0 Å². The van der Waals surface area contributed by atoms with E-state index in [4.69, 9.17) is 10.6 Å². The predicted octanol–water partition coefficient (Wildman–Crippen LogP) is 1.57. The van der Waals surface area contributed by atoms with Gasteiger partial charge in [0.25, 0.3) is 0 Å². The van der Waals surface area contributed by atoms with Gasteiger partial charge in [-0.25, -0.2) is 5.84 Å². The van der Waals surface area contributed by atoms with Crippen LogP contribution in [-0.2, 0) is 0 Å². The predicted molar refractivity (Wildman–Crippen MR) is 76.2 cm³/mol. The maximum Gasteiger partial charge on any atom is 0.323 e. The zero-order valence-corrected chi connectivity index (χ0v) is 12.6. The fourth-order valence-corrected chi connectivity index (χ4v) is 1.33. The molecule has 3 N–H and O–H groups in total. The van der Waals surface area contributed by atoms with E-state index in [0.29, 0.717) is 11.9 Å². The second-order valence-corrected chi connectivity index (χ2v) is 5.28. The smallest absolute Gasteiger partial charge is 0.323 e. The molecule has 1 aromatic rings. The SMILES string of the molecule is CCC(C)(C)N(C)c1nc(NN)nc(OC(C)C)n1. The highest BCUT2D eigenvalue weighted by Crippen LogP contribution is 2.23. The first-order valence-corrected chi connectivity index (χ1v) is 6.43. The van der Waals surface area contributed by atoms with Crippen molar-refractivity contribution in [1.29, 1.82) is 0 Å². The quantitative estimate of drug-likeness (QED) is 0.598. The summed E-state index contributed by atoms with van der Waals surface area (Å²) in [6.45, 7) is 10.2. The Morgan fingerprint density at radius 2 is 1.95 bits per heavy atom. The largest absolute Gasteiger partial charge is 0.461 e. The van der Waals surface area contributed by atoms with E-state index < -0.39 is 0 Å². The Kier molecular flexibility index (Phi) is 4.88. The standard InChI is InChI=1S/C12H24N6O/c1-7-12(4,5)18(6)10-14-9(17-13)15-11(16-10)19-8(2)3/h8H,7,13H2,1-6H3,(H,14,15,16,17). The molecule has 1 aromatic heterocycles. The highest BCUT2D eigenvalue weighted by atomic mass is 16.5. The molecule has 0 saturated carbocycles. The van der Waals surface area contributed by atoms with Gasteiger partial charge in [-0.15, -0.1) is 0 Å². The third kappa shape index (κ3) is 3.92. The zero-order chi connectivity index (χ0) is 14.6. The zero-order valence-electron chi connectivity index (χ0n) is 12.6. The van der Waals surface area contributed by atoms with E-state index in [1.54, 1.807) is 0 Å². The first kappa shape index (κ1) is 15.4. The molecular formula is C12H24N6O. The van der Waals surface area contributed by atoms with E-state index in [-0.39, 0.29) is 17.7 Å². The third-order valence-electron chi connectivity index (χ3n) is 3.15. The van der Waals surface area contributed by atoms with Crippen LogP contribution in [0.15, 0.2) is 0 Å². The lowest BCUT2D eigenvalue weighted by Crippen LogP contribution is -2.41. The minimum Gasteiger partial charge on any atom is -0.461 e. The number of hydrogen-bond acceptors (Lipinski definition) is 7. The Morgan fingerprint density at radius 1 is 1.32 bits per heavy atom. The van der Waals surface area contributed by atoms with Crippen molar-refractivity contribution in [2.45, 2.75) is 52.7 Å². The monoisotopic (exact) mass is 268 g/mol. The van der Waals surface area contributed by atoms with Crippen molar-refractivity contribution in [3.05, 3.63) is 0 Å². The summed E-state index contributed by atoms with van der Waals surface area (Å²) in [5.74, 6) is 6.21. The number of ether oxygens (including phenoxy) is 1. The Balaban J connectivity index is 3.12. The number of hydrogen-bond donors (Lipinski definition) is 2. The summed E-state index contributed by atoms with van der Waals surface area (Å²) in [4.78, 5) is 14.6. The van der Waals surface area contributed by atoms with Crippen LogP contribution in [0.5, 0.6) is 6.01 Å². The van der Waals surface area contributed by atoms with Gasteiger partial charge < -0.3 is 9.64 Å². The molecule has 0 aliphatic carbocycles. The maximum absolute atomic E-state index is 5.51. The molecule has 1 heterocycles. The fraction of sp³-hybridized carbons (Fsp3) is 0.750. The number of nitrogens with zero attached hydrogens (tertiary/aromatic N) is 4. The molecule has 108 valence electrons. The van der Waals surface area contributed by atoms with Crippen LogP contribution >= 0.6 is 0 Å². The fourth-order valence-electron chi connectivity index (χ4n) is 1.33. The molecule has 7 heteroatoms. The highest BCUT2D eigenvalue weighted by molar-refractivity contribution is 5.39. The lowest BCUT2D eigenvalue weighted by Gasteiger charge is -2.34. The number of anilines is 2. The van der Waals surface area contributed by atoms with Crippen LogP contribution in [0.2, 0.25) is 0 Å². The number of hydrazine groups is 1. The number of aromatic nitrogens is 3. The molecule has 0 fully saturated rings. The second kappa shape index (κ2) is 6.01. The molecule has 0 bridgehead atoms. The molecule has 0 aliphatic heterocycles. The first-order valence-electron chi connectivity index (χ1n) is 6.43. The Hall–Kier alpha value is -1.63. The Bertz CT molecular complexity index is 421. The molecule has 0 saturated heterocycles. The highest BCUT2D eigenvalue weighted by Gasteiger charge is 2.24. The van der Waals surface area contributed by atoms with Gasteiger partial charge in [0.15, 0.2) is 0 Å². The summed E-state index contributed by atoms with van der Waals surface area (Å²) < 4.78 is 5.51. The van der Waals surface area contributed by atoms with Gasteiger partial charge in [-0.05, 0) is 34.1 Å². The molecule has 19 heavy (non-hydrogen) atoms. The van der Waals surface area contributed by atoms with E-state index in [9.17, 15) is 0 Å². The van der Waals surface area contributed by atoms with Crippen molar-refractivity contribution in [1.82, 2.24) is 15.0 Å². The number of rotatable bonds is 6. The van der Waals surface area contributed by atoms with Gasteiger partial charge in [0, 0.05) is 12.6 Å². The van der Waals surface area contributed by atoms with Crippen molar-refractivity contribution in [3.8, 4) is 6.01 Å². The third-order valence-corrected chi connectivity index (χ3v) is 3.15. The van der Waals surface area contributed by atoms with Crippen LogP contribution in [0, 0.1) is 0 Å². The normalized spacial score (nSPS) is 11.6. The van der Waals surface area contributed by atoms with E-state index in [2.05, 4.69) is 41.1 Å². The van der Waals surface area contributed by atoms with Gasteiger partial charge in [0.1, 0.15) is 0 Å². The number of nitrogens with one attached hydrogen (secondary N) is 1. The summed E-state index contributed by atoms with van der Waals surface area (Å²) in [6.07, 6.45) is 0.950. The van der Waals surface area contributed by atoms with Crippen molar-refractivity contribution in [3.63, 3.8) is 0 Å². The van der Waals surface area contributed by atoms with Crippen LogP contribution in [-0.4, -0.2) is 33.6 Å². The Labute approximate surface area is 114 Å². The van der Waals surface area contributed by atoms with Crippen molar-refractivity contribution in [2.75, 3.05) is 17.4 Å². The number of nitrogens with two attached hydrogens (primary N) is 1. The molecule has 7 nitrogen and oxygen atoms in total. The lowest BCUT2D eigenvalue weighted by molar-refractivity contribution is 0.221. The van der Waals surface area contributed by atoms with Gasteiger partial charge in [-0.1, -0.05) is 6.92 Å². The summed E-state index contributed by atoms with van der Waals surface area (Å²) >= 11 is 0. The summed E-state index contributed by atoms with van der Waals surface area (Å²) in [5.41, 5.74) is 2.37. The Morgan fingerprint density at radius 3 is 2.42 bits per heavy atom. The maximum atomic E-state index is 5.51. The van der Waals surface area contributed by atoms with Crippen LogP contribution in [0.1, 0.15) is 41.0 Å². The van der Waals surface area contributed by atoms with Gasteiger partial charge in [0.05, 0.1) is 6.10 Å². The lowest BCUT2D eigenvalue weighted by atomic mass is 10.0. The van der Waals surface area contributed by atoms with E-state index in [1.807, 2.05) is 25.8 Å². The topological polar surface area (TPSA) is 89.2 Å². The van der Waals surface area contributed by atoms with Gasteiger partial charge in [-0.3, -0.25) is 5.43 Å². The van der Waals surface area contributed by atoms with Crippen LogP contribution < -0.4 is 20.9 Å². The van der Waals surface area contributed by atoms with E-state index >= 15 is 0 Å². The average Bonchev–Trinajstić information content (AvgIpc) is 2.36. The molecule has 0 radical (unpaired) electrons. The molecule has 0 amide bonds. The molecule has 0 unspecified atom stereocenters. The minimum atomic E-state index is -0.0671. The van der Waals surface area contributed by atoms with Crippen molar-refractivity contribution >= 4 is 11.9 Å². The van der Waals surface area contributed by atoms with Crippen LogP contribution in [0.25, 0.3) is 0 Å². The molecule has 0 spiro atoms. The molecule has 0 aromatic carbocycles. The summed E-state index contributed by atoms with van der Waals surface area (Å²) in [7, 11) is 1.94. The van der Waals surface area contributed by atoms with Gasteiger partial charge >= 0.3 is 6.01 Å². The van der Waals surface area contributed by atoms with Gasteiger partial charge in [-0.2, -0.15) is 15.0 Å². The second-order valence-electron chi connectivity index (χ2n) is 5.28. The van der Waals surface area contributed by atoms with Gasteiger partial charge in [0.2, 0.25) is 11.9 Å². The minimum absolute atomic E-state index is 0.00892.